The average Bonchev–Trinajstić information content (AvgIpc) is 2.47. The number of hydrogen-bond donors (Lipinski definition) is 1. The van der Waals surface area contributed by atoms with E-state index in [9.17, 15) is 0 Å². The first-order valence-electron chi connectivity index (χ1n) is 7.44. The van der Waals surface area contributed by atoms with Crippen LogP contribution in [0.15, 0.2) is 18.3 Å². The molecular weight excluding hydrogens is 254 g/mol. The number of ether oxygens (including phenoxy) is 2. The maximum Gasteiger partial charge on any atom is 0.169 e. The third-order valence-corrected chi connectivity index (χ3v) is 3.25. The fraction of sp³-hybridized carbons (Fsp3) is 0.667. The summed E-state index contributed by atoms with van der Waals surface area (Å²) in [6.45, 7) is 9.67. The van der Waals surface area contributed by atoms with Crippen LogP contribution in [-0.2, 0) is 4.74 Å². The Morgan fingerprint density at radius 2 is 2.25 bits per heavy atom. The zero-order valence-corrected chi connectivity index (χ0v) is 12.5. The smallest absolute Gasteiger partial charge is 0.169 e. The van der Waals surface area contributed by atoms with Gasteiger partial charge in [-0.25, -0.2) is 4.98 Å². The van der Waals surface area contributed by atoms with Gasteiger partial charge in [-0.1, -0.05) is 6.92 Å². The van der Waals surface area contributed by atoms with Crippen LogP contribution in [0.1, 0.15) is 20.3 Å². The van der Waals surface area contributed by atoms with Gasteiger partial charge in [-0.3, -0.25) is 4.90 Å². The third kappa shape index (κ3) is 4.65. The average molecular weight is 279 g/mol. The number of pyridine rings is 1. The van der Waals surface area contributed by atoms with Gasteiger partial charge >= 0.3 is 0 Å². The number of rotatable bonds is 7. The lowest BCUT2D eigenvalue weighted by atomic mass is 10.2. The number of nitrogens with zero attached hydrogens (tertiary/aromatic N) is 2. The van der Waals surface area contributed by atoms with Crippen LogP contribution in [0.4, 0.5) is 5.82 Å². The van der Waals surface area contributed by atoms with Gasteiger partial charge in [0.25, 0.3) is 0 Å². The largest absolute Gasteiger partial charge is 0.490 e. The summed E-state index contributed by atoms with van der Waals surface area (Å²) < 4.78 is 11.1. The molecule has 0 aliphatic carbocycles. The predicted molar refractivity (Wildman–Crippen MR) is 80.4 cm³/mol. The van der Waals surface area contributed by atoms with Crippen molar-refractivity contribution in [1.29, 1.82) is 0 Å². The molecule has 0 spiro atoms. The lowest BCUT2D eigenvalue weighted by Crippen LogP contribution is -2.42. The summed E-state index contributed by atoms with van der Waals surface area (Å²) in [4.78, 5) is 6.80. The van der Waals surface area contributed by atoms with Crippen LogP contribution in [-0.4, -0.2) is 55.4 Å². The van der Waals surface area contributed by atoms with Crippen LogP contribution in [0.5, 0.6) is 5.75 Å². The van der Waals surface area contributed by atoms with Crippen LogP contribution in [0.2, 0.25) is 0 Å². The van der Waals surface area contributed by atoms with E-state index >= 15 is 0 Å². The SMILES string of the molecule is CCCOc1cccnc1NC(C)CN1CCOCC1. The van der Waals surface area contributed by atoms with Gasteiger partial charge in [-0.2, -0.15) is 0 Å². The van der Waals surface area contributed by atoms with E-state index in [0.29, 0.717) is 6.04 Å². The lowest BCUT2D eigenvalue weighted by Gasteiger charge is -2.29. The van der Waals surface area contributed by atoms with Gasteiger partial charge in [0.15, 0.2) is 11.6 Å². The van der Waals surface area contributed by atoms with Crippen LogP contribution in [0, 0.1) is 0 Å². The fourth-order valence-electron chi connectivity index (χ4n) is 2.28. The van der Waals surface area contributed by atoms with Crippen molar-refractivity contribution in [3.05, 3.63) is 18.3 Å². The third-order valence-electron chi connectivity index (χ3n) is 3.25. The maximum absolute atomic E-state index is 5.72. The minimum absolute atomic E-state index is 0.326. The number of nitrogens with one attached hydrogen (secondary N) is 1. The molecule has 112 valence electrons. The highest BCUT2D eigenvalue weighted by atomic mass is 16.5. The molecular formula is C15H25N3O2. The Bertz CT molecular complexity index is 394. The number of anilines is 1. The highest BCUT2D eigenvalue weighted by Crippen LogP contribution is 2.21. The van der Waals surface area contributed by atoms with Gasteiger partial charge in [0.2, 0.25) is 0 Å². The summed E-state index contributed by atoms with van der Waals surface area (Å²) in [5.41, 5.74) is 0. The van der Waals surface area contributed by atoms with Crippen molar-refractivity contribution < 1.29 is 9.47 Å². The van der Waals surface area contributed by atoms with Gasteiger partial charge in [0, 0.05) is 31.9 Å². The predicted octanol–water partition coefficient (Wildman–Crippen LogP) is 2.00. The molecule has 1 N–H and O–H groups in total. The molecule has 0 bridgehead atoms. The van der Waals surface area contributed by atoms with Crippen LogP contribution in [0.25, 0.3) is 0 Å². The molecule has 5 nitrogen and oxygen atoms in total. The van der Waals surface area contributed by atoms with E-state index in [-0.39, 0.29) is 0 Å². The van der Waals surface area contributed by atoms with E-state index in [0.717, 1.165) is 57.4 Å². The molecule has 1 aromatic rings. The van der Waals surface area contributed by atoms with Crippen LogP contribution >= 0.6 is 0 Å². The van der Waals surface area contributed by atoms with Gasteiger partial charge in [-0.15, -0.1) is 0 Å². The fourth-order valence-corrected chi connectivity index (χ4v) is 2.28. The first kappa shape index (κ1) is 15.1. The van der Waals surface area contributed by atoms with Crippen molar-refractivity contribution >= 4 is 5.82 Å². The molecule has 0 radical (unpaired) electrons. The van der Waals surface area contributed by atoms with Crippen molar-refractivity contribution in [1.82, 2.24) is 9.88 Å². The maximum atomic E-state index is 5.72. The van der Waals surface area contributed by atoms with E-state index in [2.05, 4.69) is 29.0 Å². The second-order valence-corrected chi connectivity index (χ2v) is 5.16. The summed E-state index contributed by atoms with van der Waals surface area (Å²) in [6, 6.07) is 4.20. The van der Waals surface area contributed by atoms with Crippen molar-refractivity contribution in [3.63, 3.8) is 0 Å². The molecule has 0 saturated carbocycles. The Hall–Kier alpha value is -1.33. The molecule has 1 atom stereocenters. The number of hydrogen-bond acceptors (Lipinski definition) is 5. The Morgan fingerprint density at radius 3 is 3.00 bits per heavy atom. The van der Waals surface area contributed by atoms with E-state index < -0.39 is 0 Å². The highest BCUT2D eigenvalue weighted by molar-refractivity contribution is 5.50. The molecule has 1 aliphatic heterocycles. The summed E-state index contributed by atoms with van der Waals surface area (Å²) >= 11 is 0. The Kier molecular flexibility index (Phi) is 6.08. The minimum atomic E-state index is 0.326. The van der Waals surface area contributed by atoms with Crippen LogP contribution < -0.4 is 10.1 Å². The quantitative estimate of drug-likeness (QED) is 0.827. The van der Waals surface area contributed by atoms with E-state index in [1.54, 1.807) is 6.20 Å². The second-order valence-electron chi connectivity index (χ2n) is 5.16. The lowest BCUT2D eigenvalue weighted by molar-refractivity contribution is 0.0368. The summed E-state index contributed by atoms with van der Waals surface area (Å²) in [7, 11) is 0. The summed E-state index contributed by atoms with van der Waals surface area (Å²) in [6.07, 6.45) is 2.79. The van der Waals surface area contributed by atoms with Gasteiger partial charge in [0.1, 0.15) is 0 Å². The zero-order valence-electron chi connectivity index (χ0n) is 12.5. The van der Waals surface area contributed by atoms with Crippen molar-refractivity contribution in [2.45, 2.75) is 26.3 Å². The topological polar surface area (TPSA) is 46.6 Å². The molecule has 0 amide bonds. The number of aromatic nitrogens is 1. The first-order valence-corrected chi connectivity index (χ1v) is 7.44. The van der Waals surface area contributed by atoms with E-state index in [1.807, 2.05) is 12.1 Å². The van der Waals surface area contributed by atoms with Gasteiger partial charge in [-0.05, 0) is 25.5 Å². The molecule has 1 aliphatic rings. The summed E-state index contributed by atoms with van der Waals surface area (Å²) in [5, 5.41) is 3.45. The molecule has 20 heavy (non-hydrogen) atoms. The molecule has 1 saturated heterocycles. The first-order chi connectivity index (χ1) is 9.79. The molecule has 2 heterocycles. The molecule has 2 rings (SSSR count). The Labute approximate surface area is 121 Å². The highest BCUT2D eigenvalue weighted by Gasteiger charge is 2.15. The van der Waals surface area contributed by atoms with Crippen molar-refractivity contribution in [3.8, 4) is 5.75 Å². The Morgan fingerprint density at radius 1 is 1.45 bits per heavy atom. The van der Waals surface area contributed by atoms with Crippen molar-refractivity contribution in [2.75, 3.05) is 44.8 Å². The number of morpholine rings is 1. The van der Waals surface area contributed by atoms with Crippen LogP contribution in [0.3, 0.4) is 0 Å². The molecule has 0 aromatic carbocycles. The molecule has 5 heteroatoms. The Balaban J connectivity index is 1.87. The van der Waals surface area contributed by atoms with Gasteiger partial charge in [0.05, 0.1) is 19.8 Å². The molecule has 1 aromatic heterocycles. The minimum Gasteiger partial charge on any atom is -0.490 e. The van der Waals surface area contributed by atoms with Gasteiger partial charge < -0.3 is 14.8 Å². The van der Waals surface area contributed by atoms with E-state index in [1.165, 1.54) is 0 Å². The zero-order chi connectivity index (χ0) is 14.2. The molecule has 1 fully saturated rings. The van der Waals surface area contributed by atoms with Crippen molar-refractivity contribution in [2.24, 2.45) is 0 Å². The summed E-state index contributed by atoms with van der Waals surface area (Å²) in [5.74, 6) is 1.67. The normalized spacial score (nSPS) is 17.7. The molecule has 1 unspecified atom stereocenters. The monoisotopic (exact) mass is 279 g/mol. The van der Waals surface area contributed by atoms with E-state index in [4.69, 9.17) is 9.47 Å². The second kappa shape index (κ2) is 8.07. The standard InChI is InChI=1S/C15H25N3O2/c1-3-9-20-14-5-4-6-16-15(14)17-13(2)12-18-7-10-19-11-8-18/h4-6,13H,3,7-12H2,1-2H3,(H,16,17).